The molecule has 2 aliphatic rings. The van der Waals surface area contributed by atoms with E-state index in [0.29, 0.717) is 23.4 Å². The van der Waals surface area contributed by atoms with Gasteiger partial charge in [-0.1, -0.05) is 0 Å². The normalized spacial score (nSPS) is 19.5. The molecular weight excluding hydrogens is 220 g/mol. The van der Waals surface area contributed by atoms with Crippen molar-refractivity contribution in [2.45, 2.75) is 37.8 Å². The van der Waals surface area contributed by atoms with Crippen LogP contribution in [0.15, 0.2) is 4.63 Å². The maximum atomic E-state index is 4.64. The number of rotatable bonds is 4. The summed E-state index contributed by atoms with van der Waals surface area (Å²) in [5, 5.41) is 14.1. The molecule has 0 unspecified atom stereocenters. The monoisotopic (exact) mass is 232 g/mol. The zero-order valence-corrected chi connectivity index (χ0v) is 9.18. The van der Waals surface area contributed by atoms with Crippen LogP contribution in [-0.4, -0.2) is 32.4 Å². The maximum absolute atomic E-state index is 4.64. The smallest absolute Gasteiger partial charge is 0.245 e. The van der Waals surface area contributed by atoms with E-state index in [9.17, 15) is 0 Å². The second kappa shape index (κ2) is 3.28. The van der Waals surface area contributed by atoms with Gasteiger partial charge in [-0.15, -0.1) is 0 Å². The molecule has 2 fully saturated rings. The Hall–Kier alpha value is -1.92. The van der Waals surface area contributed by atoms with E-state index in [1.165, 1.54) is 25.7 Å². The third kappa shape index (κ3) is 1.77. The van der Waals surface area contributed by atoms with Crippen LogP contribution in [0.3, 0.4) is 0 Å². The van der Waals surface area contributed by atoms with Crippen molar-refractivity contribution < 1.29 is 4.63 Å². The molecule has 7 heteroatoms. The van der Waals surface area contributed by atoms with Crippen molar-refractivity contribution in [2.75, 3.05) is 10.6 Å². The van der Waals surface area contributed by atoms with Crippen LogP contribution in [0.1, 0.15) is 25.7 Å². The average molecular weight is 232 g/mol. The molecule has 88 valence electrons. The van der Waals surface area contributed by atoms with Gasteiger partial charge in [-0.3, -0.25) is 0 Å². The lowest BCUT2D eigenvalue weighted by Gasteiger charge is -2.09. The summed E-state index contributed by atoms with van der Waals surface area (Å²) in [5.74, 6) is 1.53. The molecule has 2 aromatic rings. The third-order valence-electron chi connectivity index (χ3n) is 2.95. The van der Waals surface area contributed by atoms with Crippen LogP contribution in [0.4, 0.5) is 11.6 Å². The molecule has 0 spiro atoms. The number of nitrogens with one attached hydrogen (secondary N) is 2. The van der Waals surface area contributed by atoms with Crippen LogP contribution in [0, 0.1) is 0 Å². The summed E-state index contributed by atoms with van der Waals surface area (Å²) in [4.78, 5) is 8.79. The molecule has 0 amide bonds. The molecule has 0 atom stereocenters. The van der Waals surface area contributed by atoms with E-state index in [2.05, 4.69) is 35.5 Å². The minimum absolute atomic E-state index is 0.453. The lowest BCUT2D eigenvalue weighted by Crippen LogP contribution is -2.11. The van der Waals surface area contributed by atoms with Crippen LogP contribution in [0.5, 0.6) is 0 Å². The van der Waals surface area contributed by atoms with E-state index in [1.807, 2.05) is 0 Å². The molecular formula is C10H12N6O. The molecule has 2 N–H and O–H groups in total. The lowest BCUT2D eigenvalue weighted by atomic mass is 10.5. The predicted molar refractivity (Wildman–Crippen MR) is 60.7 cm³/mol. The number of nitrogens with zero attached hydrogens (tertiary/aromatic N) is 4. The highest BCUT2D eigenvalue weighted by molar-refractivity contribution is 5.73. The topological polar surface area (TPSA) is 88.8 Å². The molecule has 0 bridgehead atoms. The Bertz CT molecular complexity index is 511. The Morgan fingerprint density at radius 3 is 1.71 bits per heavy atom. The van der Waals surface area contributed by atoms with E-state index < -0.39 is 0 Å². The summed E-state index contributed by atoms with van der Waals surface area (Å²) in [6.45, 7) is 0. The van der Waals surface area contributed by atoms with E-state index in [0.717, 1.165) is 11.6 Å². The highest BCUT2D eigenvalue weighted by Crippen LogP contribution is 2.31. The van der Waals surface area contributed by atoms with Crippen molar-refractivity contribution in [3.63, 3.8) is 0 Å². The van der Waals surface area contributed by atoms with Gasteiger partial charge < -0.3 is 10.6 Å². The Morgan fingerprint density at radius 1 is 0.824 bits per heavy atom. The number of hydrogen-bond donors (Lipinski definition) is 2. The SMILES string of the molecule is C1CC1Nc1nc2nonc2nc1NC1CC1. The number of aromatic nitrogens is 4. The summed E-state index contributed by atoms with van der Waals surface area (Å²) in [6, 6.07) is 1.06. The Kier molecular flexibility index (Phi) is 1.77. The van der Waals surface area contributed by atoms with Crippen molar-refractivity contribution in [2.24, 2.45) is 0 Å². The van der Waals surface area contributed by atoms with Gasteiger partial charge in [0.1, 0.15) is 0 Å². The quantitative estimate of drug-likeness (QED) is 0.817. The Balaban J connectivity index is 1.74. The van der Waals surface area contributed by atoms with E-state index in [4.69, 9.17) is 0 Å². The second-order valence-corrected chi connectivity index (χ2v) is 4.67. The van der Waals surface area contributed by atoms with Crippen molar-refractivity contribution in [1.29, 1.82) is 0 Å². The molecule has 0 radical (unpaired) electrons. The first-order chi connectivity index (χ1) is 8.38. The summed E-state index contributed by atoms with van der Waals surface area (Å²) in [6.07, 6.45) is 4.78. The third-order valence-corrected chi connectivity index (χ3v) is 2.95. The van der Waals surface area contributed by atoms with Gasteiger partial charge in [0, 0.05) is 12.1 Å². The lowest BCUT2D eigenvalue weighted by molar-refractivity contribution is 0.314. The standard InChI is InChI=1S/C10H12N6O/c1-2-5(1)11-7-8(12-6-3-4-6)14-10-9(13-7)15-17-16-10/h5-6H,1-4H2,(H,11,13,15)(H,12,14,16). The maximum Gasteiger partial charge on any atom is 0.245 e. The molecule has 4 rings (SSSR count). The van der Waals surface area contributed by atoms with Gasteiger partial charge in [0.25, 0.3) is 0 Å². The summed E-state index contributed by atoms with van der Waals surface area (Å²) in [5.41, 5.74) is 0.906. The van der Waals surface area contributed by atoms with Crippen LogP contribution in [-0.2, 0) is 0 Å². The van der Waals surface area contributed by atoms with Gasteiger partial charge in [-0.2, -0.15) is 0 Å². The minimum atomic E-state index is 0.453. The summed E-state index contributed by atoms with van der Waals surface area (Å²) in [7, 11) is 0. The molecule has 0 saturated heterocycles. The molecule has 2 aromatic heterocycles. The highest BCUT2D eigenvalue weighted by atomic mass is 16.6. The van der Waals surface area contributed by atoms with Crippen molar-refractivity contribution in [3.05, 3.63) is 0 Å². The predicted octanol–water partition coefficient (Wildman–Crippen LogP) is 1.16. The first-order valence-corrected chi connectivity index (χ1v) is 5.92. The molecule has 2 aliphatic carbocycles. The second-order valence-electron chi connectivity index (χ2n) is 4.67. The molecule has 7 nitrogen and oxygen atoms in total. The number of fused-ring (bicyclic) bond motifs is 1. The number of hydrogen-bond acceptors (Lipinski definition) is 7. The fourth-order valence-corrected chi connectivity index (χ4v) is 1.68. The van der Waals surface area contributed by atoms with Crippen LogP contribution < -0.4 is 10.6 Å². The molecule has 0 aliphatic heterocycles. The van der Waals surface area contributed by atoms with Crippen molar-refractivity contribution in [1.82, 2.24) is 20.3 Å². The van der Waals surface area contributed by atoms with Crippen LogP contribution in [0.25, 0.3) is 11.3 Å². The van der Waals surface area contributed by atoms with E-state index in [1.54, 1.807) is 0 Å². The Morgan fingerprint density at radius 2 is 1.29 bits per heavy atom. The van der Waals surface area contributed by atoms with Crippen LogP contribution >= 0.6 is 0 Å². The van der Waals surface area contributed by atoms with Crippen molar-refractivity contribution in [3.8, 4) is 0 Å². The molecule has 2 heterocycles. The Labute approximate surface area is 97.0 Å². The van der Waals surface area contributed by atoms with E-state index in [-0.39, 0.29) is 0 Å². The zero-order valence-electron chi connectivity index (χ0n) is 9.18. The van der Waals surface area contributed by atoms with Crippen LogP contribution in [0.2, 0.25) is 0 Å². The summed E-state index contributed by atoms with van der Waals surface area (Å²) < 4.78 is 4.64. The van der Waals surface area contributed by atoms with Gasteiger partial charge in [0.2, 0.25) is 11.3 Å². The van der Waals surface area contributed by atoms with Gasteiger partial charge >= 0.3 is 0 Å². The first kappa shape index (κ1) is 9.15. The fourth-order valence-electron chi connectivity index (χ4n) is 1.68. The van der Waals surface area contributed by atoms with Gasteiger partial charge in [0.15, 0.2) is 11.6 Å². The highest BCUT2D eigenvalue weighted by Gasteiger charge is 2.27. The minimum Gasteiger partial charge on any atom is -0.364 e. The molecule has 17 heavy (non-hydrogen) atoms. The van der Waals surface area contributed by atoms with Crippen molar-refractivity contribution >= 4 is 22.9 Å². The number of anilines is 2. The van der Waals surface area contributed by atoms with Gasteiger partial charge in [-0.05, 0) is 36.0 Å². The largest absolute Gasteiger partial charge is 0.364 e. The summed E-state index contributed by atoms with van der Waals surface area (Å²) >= 11 is 0. The molecule has 2 saturated carbocycles. The first-order valence-electron chi connectivity index (χ1n) is 5.92. The van der Waals surface area contributed by atoms with E-state index >= 15 is 0 Å². The van der Waals surface area contributed by atoms with Gasteiger partial charge in [-0.25, -0.2) is 14.6 Å². The average Bonchev–Trinajstić information content (AvgIpc) is 3.21. The zero-order chi connectivity index (χ0) is 11.2. The fraction of sp³-hybridized carbons (Fsp3) is 0.600. The molecule has 0 aromatic carbocycles. The van der Waals surface area contributed by atoms with Gasteiger partial charge in [0.05, 0.1) is 0 Å².